The zero-order valence-electron chi connectivity index (χ0n) is 16.8. The van der Waals surface area contributed by atoms with Crippen molar-refractivity contribution in [2.75, 3.05) is 5.32 Å². The van der Waals surface area contributed by atoms with Crippen LogP contribution in [0.15, 0.2) is 59.9 Å². The van der Waals surface area contributed by atoms with E-state index in [1.165, 1.54) is 16.7 Å². The minimum atomic E-state index is -0.858. The van der Waals surface area contributed by atoms with Crippen LogP contribution in [-0.2, 0) is 16.0 Å². The molecule has 2 aromatic rings. The van der Waals surface area contributed by atoms with E-state index in [-0.39, 0.29) is 17.7 Å². The van der Waals surface area contributed by atoms with E-state index in [2.05, 4.69) is 10.3 Å². The van der Waals surface area contributed by atoms with Crippen LogP contribution in [0.1, 0.15) is 37.8 Å². The number of anilines is 1. The molecule has 4 rings (SSSR count). The molecule has 0 spiro atoms. The summed E-state index contributed by atoms with van der Waals surface area (Å²) >= 11 is 0. The molecule has 2 saturated carbocycles. The minimum Gasteiger partial charge on any atom is -0.481 e. The second-order valence-corrected chi connectivity index (χ2v) is 8.35. The van der Waals surface area contributed by atoms with E-state index in [0.717, 1.165) is 24.8 Å². The lowest BCUT2D eigenvalue weighted by molar-refractivity contribution is -0.148. The van der Waals surface area contributed by atoms with Gasteiger partial charge >= 0.3 is 5.97 Å². The maximum atomic E-state index is 13.1. The van der Waals surface area contributed by atoms with Crippen molar-refractivity contribution in [3.8, 4) is 0 Å². The molecule has 1 aromatic carbocycles. The highest BCUT2D eigenvalue weighted by Gasteiger charge is 2.57. The third-order valence-electron chi connectivity index (χ3n) is 6.39. The molecule has 2 aliphatic carbocycles. The van der Waals surface area contributed by atoms with Crippen LogP contribution in [0.3, 0.4) is 0 Å². The van der Waals surface area contributed by atoms with Gasteiger partial charge in [0, 0.05) is 18.1 Å². The molecule has 1 amide bonds. The SMILES string of the molecule is CC(C)=C1[C@@H]2CC[C@@H]1[C@@H](C(=O)Nc1ccc(Cc3ccncc3)cc1)[C@@H]2C(=O)O. The maximum absolute atomic E-state index is 13.1. The first-order valence-electron chi connectivity index (χ1n) is 10.1. The van der Waals surface area contributed by atoms with Crippen LogP contribution < -0.4 is 5.32 Å². The normalized spacial score (nSPS) is 25.1. The number of carbonyl (C=O) groups is 2. The van der Waals surface area contributed by atoms with Crippen molar-refractivity contribution >= 4 is 17.6 Å². The fourth-order valence-electron chi connectivity index (χ4n) is 5.27. The van der Waals surface area contributed by atoms with E-state index >= 15 is 0 Å². The average molecular weight is 390 g/mol. The van der Waals surface area contributed by atoms with Crippen LogP contribution in [0, 0.1) is 23.7 Å². The Kier molecular flexibility index (Phi) is 5.22. The van der Waals surface area contributed by atoms with Crippen molar-refractivity contribution in [1.29, 1.82) is 0 Å². The van der Waals surface area contributed by atoms with Gasteiger partial charge < -0.3 is 10.4 Å². The summed E-state index contributed by atoms with van der Waals surface area (Å²) in [6.45, 7) is 4.06. The molecule has 0 saturated heterocycles. The van der Waals surface area contributed by atoms with Crippen LogP contribution in [0.2, 0.25) is 0 Å². The molecular formula is C24H26N2O3. The first-order valence-corrected chi connectivity index (χ1v) is 10.1. The molecule has 0 radical (unpaired) electrons. The second-order valence-electron chi connectivity index (χ2n) is 8.35. The Balaban J connectivity index is 1.49. The Morgan fingerprint density at radius 3 is 2.14 bits per heavy atom. The Morgan fingerprint density at radius 2 is 1.55 bits per heavy atom. The number of hydrogen-bond acceptors (Lipinski definition) is 3. The van der Waals surface area contributed by atoms with Gasteiger partial charge in [0.1, 0.15) is 0 Å². The van der Waals surface area contributed by atoms with Gasteiger partial charge in [0.2, 0.25) is 5.91 Å². The van der Waals surface area contributed by atoms with E-state index < -0.39 is 17.8 Å². The molecular weight excluding hydrogens is 364 g/mol. The number of amides is 1. The largest absolute Gasteiger partial charge is 0.481 e. The fourth-order valence-corrected chi connectivity index (χ4v) is 5.27. The van der Waals surface area contributed by atoms with E-state index in [1.807, 2.05) is 50.2 Å². The number of hydrogen-bond donors (Lipinski definition) is 2. The minimum absolute atomic E-state index is 0.000915. The molecule has 2 N–H and O–H groups in total. The van der Waals surface area contributed by atoms with Gasteiger partial charge in [-0.3, -0.25) is 14.6 Å². The second kappa shape index (κ2) is 7.82. The average Bonchev–Trinajstić information content (AvgIpc) is 3.27. The van der Waals surface area contributed by atoms with Crippen molar-refractivity contribution in [3.63, 3.8) is 0 Å². The number of aromatic nitrogens is 1. The summed E-state index contributed by atoms with van der Waals surface area (Å²) in [4.78, 5) is 29.0. The van der Waals surface area contributed by atoms with Crippen molar-refractivity contribution in [3.05, 3.63) is 71.1 Å². The van der Waals surface area contributed by atoms with Gasteiger partial charge in [-0.1, -0.05) is 23.3 Å². The molecule has 2 bridgehead atoms. The highest BCUT2D eigenvalue weighted by Crippen LogP contribution is 2.57. The number of rotatable bonds is 5. The zero-order valence-corrected chi connectivity index (χ0v) is 16.8. The summed E-state index contributed by atoms with van der Waals surface area (Å²) < 4.78 is 0. The lowest BCUT2D eigenvalue weighted by atomic mass is 9.78. The Morgan fingerprint density at radius 1 is 0.966 bits per heavy atom. The number of pyridine rings is 1. The molecule has 5 heteroatoms. The number of carbonyl (C=O) groups excluding carboxylic acids is 1. The predicted molar refractivity (Wildman–Crippen MR) is 111 cm³/mol. The molecule has 150 valence electrons. The van der Waals surface area contributed by atoms with Gasteiger partial charge in [0.15, 0.2) is 0 Å². The number of aliphatic carboxylic acids is 1. The van der Waals surface area contributed by atoms with Crippen molar-refractivity contribution in [1.82, 2.24) is 4.98 Å². The van der Waals surface area contributed by atoms with E-state index in [9.17, 15) is 14.7 Å². The van der Waals surface area contributed by atoms with Crippen LogP contribution in [-0.4, -0.2) is 22.0 Å². The molecule has 0 unspecified atom stereocenters. The van der Waals surface area contributed by atoms with Crippen molar-refractivity contribution in [2.45, 2.75) is 33.1 Å². The number of benzene rings is 1. The monoisotopic (exact) mass is 390 g/mol. The van der Waals surface area contributed by atoms with Gasteiger partial charge in [-0.25, -0.2) is 0 Å². The molecule has 1 heterocycles. The first kappa shape index (κ1) is 19.4. The number of allylic oxidation sites excluding steroid dienone is 2. The van der Waals surface area contributed by atoms with Crippen molar-refractivity contribution < 1.29 is 14.7 Å². The number of carboxylic acid groups (broad SMARTS) is 1. The highest BCUT2D eigenvalue weighted by atomic mass is 16.4. The Hall–Kier alpha value is -2.95. The summed E-state index contributed by atoms with van der Waals surface area (Å²) in [5.41, 5.74) is 5.39. The molecule has 0 aliphatic heterocycles. The maximum Gasteiger partial charge on any atom is 0.307 e. The number of nitrogens with one attached hydrogen (secondary N) is 1. The standard InChI is InChI=1S/C24H26N2O3/c1-14(2)20-18-7-8-19(20)22(24(28)29)21(18)23(27)26-17-5-3-15(4-6-17)13-16-9-11-25-12-10-16/h3-6,9-12,18-19,21-22H,7-8,13H2,1-2H3,(H,26,27)(H,28,29)/t18-,19-,21+,22+/m0/s1. The third kappa shape index (κ3) is 3.69. The van der Waals surface area contributed by atoms with E-state index in [1.54, 1.807) is 12.4 Å². The third-order valence-corrected chi connectivity index (χ3v) is 6.39. The molecule has 5 nitrogen and oxygen atoms in total. The zero-order chi connectivity index (χ0) is 20.5. The van der Waals surface area contributed by atoms with Crippen LogP contribution in [0.4, 0.5) is 5.69 Å². The molecule has 2 fully saturated rings. The van der Waals surface area contributed by atoms with Gasteiger partial charge in [-0.15, -0.1) is 0 Å². The lowest BCUT2D eigenvalue weighted by Crippen LogP contribution is -2.37. The van der Waals surface area contributed by atoms with Crippen LogP contribution >= 0.6 is 0 Å². The number of nitrogens with zero attached hydrogens (tertiary/aromatic N) is 1. The smallest absolute Gasteiger partial charge is 0.307 e. The lowest BCUT2D eigenvalue weighted by Gasteiger charge is -2.26. The predicted octanol–water partition coefficient (Wildman–Crippen LogP) is 4.30. The van der Waals surface area contributed by atoms with Gasteiger partial charge in [-0.2, -0.15) is 0 Å². The quantitative estimate of drug-likeness (QED) is 0.746. The van der Waals surface area contributed by atoms with Crippen LogP contribution in [0.5, 0.6) is 0 Å². The van der Waals surface area contributed by atoms with Crippen LogP contribution in [0.25, 0.3) is 0 Å². The van der Waals surface area contributed by atoms with Gasteiger partial charge in [-0.05, 0) is 80.3 Å². The molecule has 29 heavy (non-hydrogen) atoms. The fraction of sp³-hybridized carbons (Fsp3) is 0.375. The topological polar surface area (TPSA) is 79.3 Å². The Labute approximate surface area is 170 Å². The summed E-state index contributed by atoms with van der Waals surface area (Å²) in [6, 6.07) is 11.7. The first-order chi connectivity index (χ1) is 14.0. The molecule has 4 atom stereocenters. The Bertz CT molecular complexity index is 946. The highest BCUT2D eigenvalue weighted by molar-refractivity contribution is 5.96. The van der Waals surface area contributed by atoms with Crippen molar-refractivity contribution in [2.24, 2.45) is 23.7 Å². The number of fused-ring (bicyclic) bond motifs is 2. The summed E-state index contributed by atoms with van der Waals surface area (Å²) in [5, 5.41) is 12.8. The van der Waals surface area contributed by atoms with Gasteiger partial charge in [0.05, 0.1) is 11.8 Å². The van der Waals surface area contributed by atoms with E-state index in [4.69, 9.17) is 0 Å². The van der Waals surface area contributed by atoms with E-state index in [0.29, 0.717) is 5.69 Å². The summed E-state index contributed by atoms with van der Waals surface area (Å²) in [7, 11) is 0. The van der Waals surface area contributed by atoms with Gasteiger partial charge in [0.25, 0.3) is 0 Å². The summed E-state index contributed by atoms with van der Waals surface area (Å²) in [5.74, 6) is -2.09. The molecule has 1 aromatic heterocycles. The molecule has 2 aliphatic rings. The summed E-state index contributed by atoms with van der Waals surface area (Å²) in [6.07, 6.45) is 6.12. The number of carboxylic acids is 1.